The van der Waals surface area contributed by atoms with Crippen molar-refractivity contribution < 1.29 is 13.9 Å². The van der Waals surface area contributed by atoms with Gasteiger partial charge in [-0.3, -0.25) is 10.1 Å². The Bertz CT molecular complexity index is 1370. The van der Waals surface area contributed by atoms with Crippen molar-refractivity contribution in [3.8, 4) is 17.2 Å². The number of nitrogens with one attached hydrogen (secondary N) is 2. The number of oxazole rings is 1. The molecular formula is C24H19ClIN3O3S. The minimum Gasteiger partial charge on any atom is -0.483 e. The number of amides is 1. The van der Waals surface area contributed by atoms with Crippen molar-refractivity contribution in [1.82, 2.24) is 10.3 Å². The zero-order chi connectivity index (χ0) is 23.5. The maximum absolute atomic E-state index is 12.2. The van der Waals surface area contributed by atoms with Gasteiger partial charge < -0.3 is 14.5 Å². The molecule has 3 aromatic carbocycles. The molecule has 0 radical (unpaired) electrons. The van der Waals surface area contributed by atoms with Crippen LogP contribution in [-0.4, -0.2) is 22.6 Å². The fourth-order valence-electron chi connectivity index (χ4n) is 3.13. The number of rotatable bonds is 5. The molecule has 1 aromatic heterocycles. The molecular weight excluding hydrogens is 573 g/mol. The van der Waals surface area contributed by atoms with Gasteiger partial charge in [0.05, 0.1) is 10.6 Å². The lowest BCUT2D eigenvalue weighted by Gasteiger charge is -2.12. The number of nitrogens with zero attached hydrogens (tertiary/aromatic N) is 1. The predicted octanol–water partition coefficient (Wildman–Crippen LogP) is 6.26. The number of hydrogen-bond donors (Lipinski definition) is 2. The van der Waals surface area contributed by atoms with E-state index in [4.69, 9.17) is 33.0 Å². The first kappa shape index (κ1) is 23.5. The second-order valence-corrected chi connectivity index (χ2v) is 9.38. The molecule has 0 saturated carbocycles. The molecule has 9 heteroatoms. The van der Waals surface area contributed by atoms with Crippen molar-refractivity contribution in [2.45, 2.75) is 13.8 Å². The van der Waals surface area contributed by atoms with Gasteiger partial charge in [-0.1, -0.05) is 23.7 Å². The van der Waals surface area contributed by atoms with Gasteiger partial charge in [-0.2, -0.15) is 0 Å². The first-order valence-electron chi connectivity index (χ1n) is 9.96. The van der Waals surface area contributed by atoms with Crippen LogP contribution in [0.15, 0.2) is 59.0 Å². The summed E-state index contributed by atoms with van der Waals surface area (Å²) < 4.78 is 12.5. The summed E-state index contributed by atoms with van der Waals surface area (Å²) >= 11 is 13.8. The Labute approximate surface area is 214 Å². The third kappa shape index (κ3) is 5.63. The highest BCUT2D eigenvalue weighted by molar-refractivity contribution is 14.1. The van der Waals surface area contributed by atoms with E-state index in [9.17, 15) is 4.79 Å². The van der Waals surface area contributed by atoms with Crippen molar-refractivity contribution >= 4 is 74.2 Å². The number of aromatic nitrogens is 1. The smallest absolute Gasteiger partial charge is 0.264 e. The van der Waals surface area contributed by atoms with E-state index in [1.165, 1.54) is 0 Å². The molecule has 6 nitrogen and oxygen atoms in total. The third-order valence-corrected chi connectivity index (χ3v) is 6.18. The van der Waals surface area contributed by atoms with Crippen LogP contribution in [0.4, 0.5) is 5.69 Å². The largest absolute Gasteiger partial charge is 0.483 e. The molecule has 2 N–H and O–H groups in total. The van der Waals surface area contributed by atoms with Gasteiger partial charge in [0.1, 0.15) is 11.3 Å². The summed E-state index contributed by atoms with van der Waals surface area (Å²) in [4.78, 5) is 16.8. The first-order valence-corrected chi connectivity index (χ1v) is 11.8. The molecule has 0 saturated heterocycles. The van der Waals surface area contributed by atoms with E-state index in [1.807, 2.05) is 50.2 Å². The quantitative estimate of drug-likeness (QED) is 0.211. The molecule has 4 rings (SSSR count). The van der Waals surface area contributed by atoms with Gasteiger partial charge in [-0.05, 0) is 102 Å². The fourth-order valence-corrected chi connectivity index (χ4v) is 4.05. The van der Waals surface area contributed by atoms with E-state index in [0.29, 0.717) is 33.4 Å². The fraction of sp³-hybridized carbons (Fsp3) is 0.125. The maximum atomic E-state index is 12.2. The molecule has 0 unspecified atom stereocenters. The molecule has 0 aliphatic carbocycles. The lowest BCUT2D eigenvalue weighted by atomic mass is 10.1. The van der Waals surface area contributed by atoms with Crippen LogP contribution in [-0.2, 0) is 4.79 Å². The summed E-state index contributed by atoms with van der Waals surface area (Å²) in [5.74, 6) is 0.751. The number of aryl methyl sites for hydroxylation is 1. The van der Waals surface area contributed by atoms with E-state index in [2.05, 4.69) is 38.2 Å². The van der Waals surface area contributed by atoms with Crippen LogP contribution in [0, 0.1) is 17.4 Å². The lowest BCUT2D eigenvalue weighted by molar-refractivity contribution is -0.121. The van der Waals surface area contributed by atoms with Crippen molar-refractivity contribution in [3.63, 3.8) is 0 Å². The summed E-state index contributed by atoms with van der Waals surface area (Å²) in [7, 11) is 0. The summed E-state index contributed by atoms with van der Waals surface area (Å²) in [5, 5.41) is 6.33. The summed E-state index contributed by atoms with van der Waals surface area (Å²) in [6.45, 7) is 3.80. The predicted molar refractivity (Wildman–Crippen MR) is 143 cm³/mol. The molecule has 0 bridgehead atoms. The molecule has 4 aromatic rings. The molecule has 33 heavy (non-hydrogen) atoms. The van der Waals surface area contributed by atoms with Crippen molar-refractivity contribution in [2.75, 3.05) is 11.9 Å². The molecule has 1 amide bonds. The normalized spacial score (nSPS) is 10.8. The molecule has 0 fully saturated rings. The van der Waals surface area contributed by atoms with Gasteiger partial charge in [-0.15, -0.1) is 0 Å². The average Bonchev–Trinajstić information content (AvgIpc) is 3.19. The van der Waals surface area contributed by atoms with Crippen LogP contribution in [0.2, 0.25) is 5.02 Å². The van der Waals surface area contributed by atoms with E-state index in [0.717, 1.165) is 20.3 Å². The number of thiocarbonyl (C=S) groups is 1. The van der Waals surface area contributed by atoms with Gasteiger partial charge in [0.2, 0.25) is 5.89 Å². The number of carbonyl (C=O) groups excluding carboxylic acids is 1. The summed E-state index contributed by atoms with van der Waals surface area (Å²) in [6, 6.07) is 16.7. The van der Waals surface area contributed by atoms with Crippen LogP contribution in [0.25, 0.3) is 22.6 Å². The minimum atomic E-state index is -0.355. The first-order chi connectivity index (χ1) is 15.8. The van der Waals surface area contributed by atoms with E-state index in [1.54, 1.807) is 18.2 Å². The number of anilines is 1. The molecule has 0 atom stereocenters. The van der Waals surface area contributed by atoms with Crippen LogP contribution in [0.5, 0.6) is 5.75 Å². The lowest BCUT2D eigenvalue weighted by Crippen LogP contribution is -2.37. The van der Waals surface area contributed by atoms with Gasteiger partial charge in [0.15, 0.2) is 17.3 Å². The number of hydrogen-bond acceptors (Lipinski definition) is 5. The van der Waals surface area contributed by atoms with Gasteiger partial charge in [0.25, 0.3) is 5.91 Å². The SMILES string of the molecule is Cc1cccc(OCC(=O)NC(=S)Nc2ccc3oc(-c4cc(I)ccc4Cl)nc3c2)c1C. The van der Waals surface area contributed by atoms with Gasteiger partial charge >= 0.3 is 0 Å². The maximum Gasteiger partial charge on any atom is 0.264 e. The van der Waals surface area contributed by atoms with Crippen molar-refractivity contribution in [3.05, 3.63) is 74.3 Å². The second kappa shape index (κ2) is 10.1. The Morgan fingerprint density at radius 1 is 1.18 bits per heavy atom. The van der Waals surface area contributed by atoms with Crippen LogP contribution in [0.3, 0.4) is 0 Å². The molecule has 0 aliphatic rings. The van der Waals surface area contributed by atoms with Crippen LogP contribution in [0.1, 0.15) is 11.1 Å². The third-order valence-electron chi connectivity index (χ3n) is 4.97. The van der Waals surface area contributed by atoms with Gasteiger partial charge in [-0.25, -0.2) is 4.98 Å². The number of benzene rings is 3. The highest BCUT2D eigenvalue weighted by atomic mass is 127. The molecule has 0 spiro atoms. The molecule has 168 valence electrons. The van der Waals surface area contributed by atoms with Gasteiger partial charge in [0, 0.05) is 9.26 Å². The number of halogens is 2. The number of fused-ring (bicyclic) bond motifs is 1. The topological polar surface area (TPSA) is 76.4 Å². The average molecular weight is 592 g/mol. The standard InChI is InChI=1S/C24H19ClIN3O3S/c1-13-4-3-5-20(14(13)2)31-12-22(30)29-24(33)27-16-7-9-21-19(11-16)28-23(32-21)17-10-15(26)6-8-18(17)25/h3-11H,12H2,1-2H3,(H2,27,29,30,33). The monoisotopic (exact) mass is 591 g/mol. The summed E-state index contributed by atoms with van der Waals surface area (Å²) in [6.07, 6.45) is 0. The Balaban J connectivity index is 1.40. The Morgan fingerprint density at radius 3 is 2.82 bits per heavy atom. The van der Waals surface area contributed by atoms with E-state index >= 15 is 0 Å². The minimum absolute atomic E-state index is 0.144. The van der Waals surface area contributed by atoms with Crippen molar-refractivity contribution in [1.29, 1.82) is 0 Å². The molecule has 1 heterocycles. The van der Waals surface area contributed by atoms with Crippen LogP contribution >= 0.6 is 46.4 Å². The second-order valence-electron chi connectivity index (χ2n) is 7.31. The van der Waals surface area contributed by atoms with E-state index in [-0.39, 0.29) is 17.6 Å². The Kier molecular flexibility index (Phi) is 7.16. The number of ether oxygens (including phenoxy) is 1. The zero-order valence-corrected chi connectivity index (χ0v) is 21.5. The summed E-state index contributed by atoms with van der Waals surface area (Å²) in [5.41, 5.74) is 4.73. The highest BCUT2D eigenvalue weighted by Gasteiger charge is 2.13. The van der Waals surface area contributed by atoms with Crippen molar-refractivity contribution in [2.24, 2.45) is 0 Å². The molecule has 0 aliphatic heterocycles. The highest BCUT2D eigenvalue weighted by Crippen LogP contribution is 2.32. The van der Waals surface area contributed by atoms with E-state index < -0.39 is 0 Å². The Morgan fingerprint density at radius 2 is 2.00 bits per heavy atom. The Hall–Kier alpha value is -2.69. The zero-order valence-electron chi connectivity index (χ0n) is 17.7. The number of carbonyl (C=O) groups is 1. The van der Waals surface area contributed by atoms with Crippen LogP contribution < -0.4 is 15.4 Å².